The molecule has 0 fully saturated rings. The van der Waals surface area contributed by atoms with E-state index in [1.165, 1.54) is 0 Å². The lowest BCUT2D eigenvalue weighted by atomic mass is 10.1. The van der Waals surface area contributed by atoms with Gasteiger partial charge in [0.2, 0.25) is 0 Å². The fraction of sp³-hybridized carbons (Fsp3) is 0.100. The molecule has 2 aromatic heterocycles. The largest absolute Gasteiger partial charge is 0.357 e. The number of nitrogens with zero attached hydrogens (tertiary/aromatic N) is 2. The Balaban J connectivity index is 1.71. The third-order valence-electron chi connectivity index (χ3n) is 4.47. The van der Waals surface area contributed by atoms with Crippen molar-refractivity contribution in [3.8, 4) is 0 Å². The van der Waals surface area contributed by atoms with Crippen LogP contribution in [0.5, 0.6) is 0 Å². The summed E-state index contributed by atoms with van der Waals surface area (Å²) in [7, 11) is 0. The van der Waals surface area contributed by atoms with E-state index in [1.807, 2.05) is 66.8 Å². The fourth-order valence-corrected chi connectivity index (χ4v) is 3.73. The minimum atomic E-state index is -1.01. The highest BCUT2D eigenvalue weighted by Crippen LogP contribution is 2.42. The van der Waals surface area contributed by atoms with E-state index in [1.54, 1.807) is 0 Å². The first-order chi connectivity index (χ1) is 12.6. The number of aromatic amines is 2. The van der Waals surface area contributed by atoms with Gasteiger partial charge in [0.15, 0.2) is 5.00 Å². The minimum Gasteiger partial charge on any atom is -0.357 e. The molecular formula is C20H14Cl2N4. The second kappa shape index (κ2) is 5.73. The molecule has 0 spiro atoms. The molecule has 128 valence electrons. The Labute approximate surface area is 159 Å². The van der Waals surface area contributed by atoms with Crippen molar-refractivity contribution in [2.75, 3.05) is 0 Å². The van der Waals surface area contributed by atoms with Gasteiger partial charge in [0, 0.05) is 22.1 Å². The molecule has 26 heavy (non-hydrogen) atoms. The number of H-pyrrole nitrogens is 2. The van der Waals surface area contributed by atoms with Crippen molar-refractivity contribution in [2.45, 2.75) is 10.4 Å². The molecular weight excluding hydrogens is 367 g/mol. The number of halogens is 2. The number of allylic oxidation sites excluding steroid dienone is 3. The molecule has 0 aromatic carbocycles. The first-order valence-corrected chi connectivity index (χ1v) is 9.07. The predicted molar refractivity (Wildman–Crippen MR) is 108 cm³/mol. The van der Waals surface area contributed by atoms with E-state index in [2.05, 4.69) is 20.0 Å². The van der Waals surface area contributed by atoms with Gasteiger partial charge in [-0.3, -0.25) is 4.99 Å². The smallest absolute Gasteiger partial charge is 0.174 e. The minimum absolute atomic E-state index is 0.517. The molecule has 2 aromatic rings. The Morgan fingerprint density at radius 1 is 0.885 bits per heavy atom. The molecule has 6 heteroatoms. The predicted octanol–water partition coefficient (Wildman–Crippen LogP) is 3.20. The van der Waals surface area contributed by atoms with Gasteiger partial charge in [-0.25, -0.2) is 4.99 Å². The molecule has 0 saturated carbocycles. The molecule has 0 saturated heterocycles. The zero-order chi connectivity index (χ0) is 17.7. The van der Waals surface area contributed by atoms with Crippen molar-refractivity contribution in [2.24, 2.45) is 9.98 Å². The van der Waals surface area contributed by atoms with Gasteiger partial charge < -0.3 is 9.97 Å². The van der Waals surface area contributed by atoms with Gasteiger partial charge in [-0.1, -0.05) is 11.6 Å². The lowest BCUT2D eigenvalue weighted by Gasteiger charge is -2.21. The number of hydrogen-bond donors (Lipinski definition) is 2. The van der Waals surface area contributed by atoms with Crippen molar-refractivity contribution in [3.05, 3.63) is 76.4 Å². The van der Waals surface area contributed by atoms with Crippen LogP contribution in [0.15, 0.2) is 64.3 Å². The molecule has 0 amide bonds. The summed E-state index contributed by atoms with van der Waals surface area (Å²) in [4.78, 5) is 14.9. The molecule has 0 aliphatic carbocycles. The van der Waals surface area contributed by atoms with E-state index < -0.39 is 10.4 Å². The summed E-state index contributed by atoms with van der Waals surface area (Å²) in [5.41, 5.74) is 4.29. The second-order valence-electron chi connectivity index (χ2n) is 6.43. The van der Waals surface area contributed by atoms with Crippen LogP contribution in [0.3, 0.4) is 0 Å². The fourth-order valence-electron chi connectivity index (χ4n) is 3.21. The van der Waals surface area contributed by atoms with Gasteiger partial charge in [-0.15, -0.1) is 11.6 Å². The van der Waals surface area contributed by atoms with Crippen LogP contribution in [0.4, 0.5) is 0 Å². The Hall–Kier alpha value is -2.56. The number of nitrogens with one attached hydrogen (secondary N) is 2. The van der Waals surface area contributed by atoms with E-state index in [0.717, 1.165) is 39.2 Å². The highest BCUT2D eigenvalue weighted by Gasteiger charge is 2.37. The Morgan fingerprint density at radius 2 is 1.69 bits per heavy atom. The van der Waals surface area contributed by atoms with Crippen molar-refractivity contribution >= 4 is 52.9 Å². The van der Waals surface area contributed by atoms with Gasteiger partial charge in [-0.2, -0.15) is 0 Å². The Morgan fingerprint density at radius 3 is 2.54 bits per heavy atom. The monoisotopic (exact) mass is 380 g/mol. The van der Waals surface area contributed by atoms with Gasteiger partial charge in [0.1, 0.15) is 5.38 Å². The van der Waals surface area contributed by atoms with Gasteiger partial charge >= 0.3 is 0 Å². The zero-order valence-electron chi connectivity index (χ0n) is 13.6. The van der Waals surface area contributed by atoms with Gasteiger partial charge in [0.05, 0.1) is 17.1 Å². The van der Waals surface area contributed by atoms with Crippen molar-refractivity contribution in [1.29, 1.82) is 0 Å². The summed E-state index contributed by atoms with van der Waals surface area (Å²) >= 11 is 13.4. The van der Waals surface area contributed by atoms with Crippen LogP contribution >= 0.6 is 23.2 Å². The Kier molecular flexibility index (Phi) is 3.45. The normalized spacial score (nSPS) is 26.1. The maximum absolute atomic E-state index is 6.70. The molecule has 5 rings (SSSR count). The maximum Gasteiger partial charge on any atom is 0.174 e. The molecule has 8 bridgehead atoms. The lowest BCUT2D eigenvalue weighted by molar-refractivity contribution is 0.705. The first kappa shape index (κ1) is 15.7. The number of aromatic nitrogens is 2. The molecule has 3 aliphatic rings. The molecule has 0 radical (unpaired) electrons. The quantitative estimate of drug-likeness (QED) is 0.520. The number of rotatable bonds is 0. The molecule has 4 nitrogen and oxygen atoms in total. The first-order valence-electron chi connectivity index (χ1n) is 8.25. The van der Waals surface area contributed by atoms with Crippen LogP contribution in [-0.2, 0) is 0 Å². The summed E-state index contributed by atoms with van der Waals surface area (Å²) in [5, 5.41) is 1.40. The van der Waals surface area contributed by atoms with Crippen LogP contribution in [0.25, 0.3) is 18.2 Å². The number of alkyl halides is 2. The molecule has 2 atom stereocenters. The second-order valence-corrected chi connectivity index (χ2v) is 7.47. The molecule has 3 aliphatic heterocycles. The van der Waals surface area contributed by atoms with E-state index >= 15 is 0 Å². The van der Waals surface area contributed by atoms with Crippen molar-refractivity contribution in [3.63, 3.8) is 0 Å². The number of fused-ring (bicyclic) bond motifs is 6. The Bertz CT molecular complexity index is 1170. The summed E-state index contributed by atoms with van der Waals surface area (Å²) in [5.74, 6) is 0. The molecule has 2 unspecified atom stereocenters. The van der Waals surface area contributed by atoms with Crippen LogP contribution in [0.2, 0.25) is 0 Å². The highest BCUT2D eigenvalue weighted by molar-refractivity contribution is 6.36. The van der Waals surface area contributed by atoms with Crippen molar-refractivity contribution in [1.82, 2.24) is 9.97 Å². The summed E-state index contributed by atoms with van der Waals surface area (Å²) in [6.07, 6.45) is 13.6. The summed E-state index contributed by atoms with van der Waals surface area (Å²) in [6, 6.07) is 7.91. The van der Waals surface area contributed by atoms with Crippen LogP contribution < -0.4 is 10.7 Å². The third kappa shape index (κ3) is 2.71. The summed E-state index contributed by atoms with van der Waals surface area (Å²) in [6.45, 7) is 0. The number of hydrogen-bond acceptors (Lipinski definition) is 2. The van der Waals surface area contributed by atoms with E-state index in [-0.39, 0.29) is 0 Å². The average molecular weight is 381 g/mol. The van der Waals surface area contributed by atoms with Crippen molar-refractivity contribution < 1.29 is 0 Å². The van der Waals surface area contributed by atoms with Gasteiger partial charge in [-0.05, 0) is 66.8 Å². The topological polar surface area (TPSA) is 56.3 Å². The standard InChI is InChI=1S/C20H14Cl2N4/c21-19-18-6-5-16(25-18)10-14-2-1-12(23-14)9-13-3-4-15(24-13)11-17-7-8-20(19,22)26-17/h1-11,19,24-25H. The molecule has 5 heterocycles. The van der Waals surface area contributed by atoms with E-state index in [4.69, 9.17) is 23.2 Å². The summed E-state index contributed by atoms with van der Waals surface area (Å²) < 4.78 is 0. The zero-order valence-corrected chi connectivity index (χ0v) is 15.1. The average Bonchev–Trinajstić information content (AvgIpc) is 3.38. The van der Waals surface area contributed by atoms with Crippen LogP contribution in [-0.4, -0.2) is 26.4 Å². The van der Waals surface area contributed by atoms with Crippen LogP contribution in [0, 0.1) is 0 Å². The molecule has 2 N–H and O–H groups in total. The SMILES string of the molecule is ClC1c2ccc([nH]2)C=C2C=CC(=N2)C=c2ccc([nH]2)=CC2=NC1(Cl)C=C2. The maximum atomic E-state index is 6.70. The number of aliphatic imine (C=N–C) groups is 2. The van der Waals surface area contributed by atoms with Crippen LogP contribution in [0.1, 0.15) is 16.8 Å². The third-order valence-corrected chi connectivity index (χ3v) is 5.58. The van der Waals surface area contributed by atoms with E-state index in [9.17, 15) is 0 Å². The van der Waals surface area contributed by atoms with Gasteiger partial charge in [0.25, 0.3) is 0 Å². The highest BCUT2D eigenvalue weighted by atomic mass is 35.5. The van der Waals surface area contributed by atoms with E-state index in [0.29, 0.717) is 0 Å². The lowest BCUT2D eigenvalue weighted by Crippen LogP contribution is -2.21.